The van der Waals surface area contributed by atoms with Crippen LogP contribution in [0.15, 0.2) is 18.2 Å². The molecule has 2 aromatic rings. The molecule has 84 valence electrons. The van der Waals surface area contributed by atoms with E-state index in [9.17, 15) is 4.39 Å². The number of aryl methyl sites for hydroxylation is 1. The van der Waals surface area contributed by atoms with Gasteiger partial charge in [-0.2, -0.15) is 0 Å². The smallest absolute Gasteiger partial charge is 0.224 e. The lowest BCUT2D eigenvalue weighted by atomic mass is 10.1. The molecule has 0 radical (unpaired) electrons. The van der Waals surface area contributed by atoms with Crippen molar-refractivity contribution in [1.82, 2.24) is 14.8 Å². The van der Waals surface area contributed by atoms with Crippen molar-refractivity contribution in [2.24, 2.45) is 7.05 Å². The minimum atomic E-state index is -0.249. The van der Waals surface area contributed by atoms with Crippen molar-refractivity contribution < 1.29 is 4.39 Å². The molecule has 4 nitrogen and oxygen atoms in total. The van der Waals surface area contributed by atoms with Gasteiger partial charge in [0.15, 0.2) is 5.82 Å². The van der Waals surface area contributed by atoms with Gasteiger partial charge in [0.2, 0.25) is 5.95 Å². The van der Waals surface area contributed by atoms with E-state index >= 15 is 0 Å². The van der Waals surface area contributed by atoms with Crippen LogP contribution in [0.3, 0.4) is 0 Å². The molecule has 0 bridgehead atoms. The molecule has 0 atom stereocenters. The number of hydrogen-bond acceptors (Lipinski definition) is 3. The minimum absolute atomic E-state index is 0.249. The molecule has 0 amide bonds. The second kappa shape index (κ2) is 3.92. The summed E-state index contributed by atoms with van der Waals surface area (Å²) < 4.78 is 15.6. The molecule has 2 rings (SSSR count). The van der Waals surface area contributed by atoms with Crippen molar-refractivity contribution in [3.05, 3.63) is 29.6 Å². The molecule has 0 fully saturated rings. The molecular weight excluding hydrogens is 207 g/mol. The zero-order valence-corrected chi connectivity index (χ0v) is 9.45. The molecule has 0 saturated heterocycles. The molecule has 5 heteroatoms. The highest BCUT2D eigenvalue weighted by molar-refractivity contribution is 5.59. The Morgan fingerprint density at radius 2 is 2.06 bits per heavy atom. The monoisotopic (exact) mass is 220 g/mol. The van der Waals surface area contributed by atoms with Crippen LogP contribution in [0.4, 0.5) is 10.3 Å². The number of nitrogens with one attached hydrogen (secondary N) is 1. The first-order valence-corrected chi connectivity index (χ1v) is 4.97. The Bertz CT molecular complexity index is 519. The first kappa shape index (κ1) is 10.6. The average molecular weight is 220 g/mol. The molecule has 1 aromatic heterocycles. The van der Waals surface area contributed by atoms with Crippen LogP contribution in [0.1, 0.15) is 5.56 Å². The number of aromatic nitrogens is 3. The fourth-order valence-corrected chi connectivity index (χ4v) is 1.60. The van der Waals surface area contributed by atoms with Gasteiger partial charge in [0.05, 0.1) is 5.56 Å². The number of nitrogens with zero attached hydrogens (tertiary/aromatic N) is 3. The zero-order valence-electron chi connectivity index (χ0n) is 9.45. The van der Waals surface area contributed by atoms with Crippen LogP contribution < -0.4 is 5.32 Å². The van der Waals surface area contributed by atoms with Crippen LogP contribution in [0.2, 0.25) is 0 Å². The van der Waals surface area contributed by atoms with E-state index < -0.39 is 0 Å². The predicted octanol–water partition coefficient (Wildman–Crippen LogP) is 1.97. The molecule has 0 unspecified atom stereocenters. The van der Waals surface area contributed by atoms with Crippen molar-refractivity contribution >= 4 is 5.95 Å². The summed E-state index contributed by atoms with van der Waals surface area (Å²) in [5, 5.41) is 10.8. The maximum absolute atomic E-state index is 13.9. The van der Waals surface area contributed by atoms with E-state index in [2.05, 4.69) is 15.5 Å². The van der Waals surface area contributed by atoms with Gasteiger partial charge in [-0.25, -0.2) is 4.39 Å². The third-order valence-electron chi connectivity index (χ3n) is 2.53. The van der Waals surface area contributed by atoms with Gasteiger partial charge >= 0.3 is 0 Å². The van der Waals surface area contributed by atoms with Crippen molar-refractivity contribution in [3.63, 3.8) is 0 Å². The summed E-state index contributed by atoms with van der Waals surface area (Å²) in [6.45, 7) is 1.73. The zero-order chi connectivity index (χ0) is 11.7. The number of anilines is 1. The molecule has 0 spiro atoms. The second-order valence-electron chi connectivity index (χ2n) is 3.59. The first-order valence-electron chi connectivity index (χ1n) is 4.97. The Labute approximate surface area is 93.1 Å². The summed E-state index contributed by atoms with van der Waals surface area (Å²) >= 11 is 0. The van der Waals surface area contributed by atoms with Crippen LogP contribution in [0, 0.1) is 12.7 Å². The Morgan fingerprint density at radius 3 is 2.69 bits per heavy atom. The number of halogens is 1. The molecule has 16 heavy (non-hydrogen) atoms. The summed E-state index contributed by atoms with van der Waals surface area (Å²) in [6.07, 6.45) is 0. The minimum Gasteiger partial charge on any atom is -0.357 e. The maximum Gasteiger partial charge on any atom is 0.224 e. The highest BCUT2D eigenvalue weighted by Gasteiger charge is 2.14. The standard InChI is InChI=1S/C11H13FN4/c1-7-5-4-6-8(9(7)12)10-14-15-11(13-2)16(10)3/h4-6H,1-3H3,(H,13,15). The Balaban J connectivity index is 2.59. The van der Waals surface area contributed by atoms with Gasteiger partial charge in [0.1, 0.15) is 5.82 Å². The predicted molar refractivity (Wildman–Crippen MR) is 60.7 cm³/mol. The van der Waals surface area contributed by atoms with Gasteiger partial charge in [0.25, 0.3) is 0 Å². The van der Waals surface area contributed by atoms with Crippen LogP contribution in [-0.2, 0) is 7.05 Å². The molecular formula is C11H13FN4. The van der Waals surface area contributed by atoms with E-state index in [1.165, 1.54) is 0 Å². The lowest BCUT2D eigenvalue weighted by molar-refractivity contribution is 0.619. The van der Waals surface area contributed by atoms with Crippen molar-refractivity contribution in [2.45, 2.75) is 6.92 Å². The van der Waals surface area contributed by atoms with Gasteiger partial charge in [0, 0.05) is 14.1 Å². The van der Waals surface area contributed by atoms with E-state index in [4.69, 9.17) is 0 Å². The van der Waals surface area contributed by atoms with Gasteiger partial charge in [-0.05, 0) is 18.6 Å². The molecule has 0 saturated carbocycles. The molecule has 1 aromatic carbocycles. The van der Waals surface area contributed by atoms with Crippen molar-refractivity contribution in [3.8, 4) is 11.4 Å². The Morgan fingerprint density at radius 1 is 1.31 bits per heavy atom. The van der Waals surface area contributed by atoms with Crippen LogP contribution in [-0.4, -0.2) is 21.8 Å². The molecule has 0 aliphatic carbocycles. The van der Waals surface area contributed by atoms with Crippen molar-refractivity contribution in [1.29, 1.82) is 0 Å². The third-order valence-corrected chi connectivity index (χ3v) is 2.53. The van der Waals surface area contributed by atoms with Crippen LogP contribution >= 0.6 is 0 Å². The second-order valence-corrected chi connectivity index (χ2v) is 3.59. The fraction of sp³-hybridized carbons (Fsp3) is 0.273. The Hall–Kier alpha value is -1.91. The lowest BCUT2D eigenvalue weighted by Crippen LogP contribution is -2.01. The van der Waals surface area contributed by atoms with Crippen LogP contribution in [0.25, 0.3) is 11.4 Å². The summed E-state index contributed by atoms with van der Waals surface area (Å²) in [7, 11) is 3.54. The summed E-state index contributed by atoms with van der Waals surface area (Å²) in [5.41, 5.74) is 1.07. The van der Waals surface area contributed by atoms with Crippen molar-refractivity contribution in [2.75, 3.05) is 12.4 Å². The highest BCUT2D eigenvalue weighted by Crippen LogP contribution is 2.23. The van der Waals surface area contributed by atoms with Gasteiger partial charge in [-0.15, -0.1) is 10.2 Å². The van der Waals surface area contributed by atoms with Gasteiger partial charge in [-0.1, -0.05) is 12.1 Å². The topological polar surface area (TPSA) is 42.7 Å². The maximum atomic E-state index is 13.9. The lowest BCUT2D eigenvalue weighted by Gasteiger charge is -2.05. The van der Waals surface area contributed by atoms with Gasteiger partial charge in [-0.3, -0.25) is 4.57 Å². The molecule has 0 aliphatic rings. The Kier molecular flexibility index (Phi) is 2.60. The van der Waals surface area contributed by atoms with E-state index in [1.54, 1.807) is 37.7 Å². The van der Waals surface area contributed by atoms with E-state index in [0.29, 0.717) is 22.9 Å². The third kappa shape index (κ3) is 1.54. The van der Waals surface area contributed by atoms with Gasteiger partial charge < -0.3 is 5.32 Å². The summed E-state index contributed by atoms with van der Waals surface area (Å²) in [6, 6.07) is 5.24. The number of rotatable bonds is 2. The number of benzene rings is 1. The first-order chi connectivity index (χ1) is 7.65. The quantitative estimate of drug-likeness (QED) is 0.841. The van der Waals surface area contributed by atoms with E-state index in [0.717, 1.165) is 0 Å². The SMILES string of the molecule is CNc1nnc(-c2cccc(C)c2F)n1C. The fourth-order valence-electron chi connectivity index (χ4n) is 1.60. The highest BCUT2D eigenvalue weighted by atomic mass is 19.1. The summed E-state index contributed by atoms with van der Waals surface area (Å²) in [5.74, 6) is 0.877. The number of hydrogen-bond donors (Lipinski definition) is 1. The average Bonchev–Trinajstić information content (AvgIpc) is 2.64. The van der Waals surface area contributed by atoms with E-state index in [1.807, 2.05) is 6.07 Å². The van der Waals surface area contributed by atoms with E-state index in [-0.39, 0.29) is 5.82 Å². The molecule has 1 N–H and O–H groups in total. The normalized spacial score (nSPS) is 10.5. The largest absolute Gasteiger partial charge is 0.357 e. The molecule has 0 aliphatic heterocycles. The molecule has 1 heterocycles. The van der Waals surface area contributed by atoms with Crippen LogP contribution in [0.5, 0.6) is 0 Å². The summed E-state index contributed by atoms with van der Waals surface area (Å²) in [4.78, 5) is 0.